The fourth-order valence-corrected chi connectivity index (χ4v) is 3.63. The van der Waals surface area contributed by atoms with Crippen molar-refractivity contribution in [1.29, 1.82) is 0 Å². The van der Waals surface area contributed by atoms with Crippen molar-refractivity contribution in [2.75, 3.05) is 13.2 Å². The maximum absolute atomic E-state index is 6.01. The van der Waals surface area contributed by atoms with Crippen molar-refractivity contribution >= 4 is 0 Å². The molecular weight excluding hydrogens is 368 g/mol. The molecule has 0 saturated carbocycles. The monoisotopic (exact) mass is 410 g/mol. The predicted octanol–water partition coefficient (Wildman–Crippen LogP) is 7.96. The fourth-order valence-electron chi connectivity index (χ4n) is 3.63. The van der Waals surface area contributed by atoms with Crippen LogP contribution in [0.15, 0.2) is 36.4 Å². The predicted molar refractivity (Wildman–Crippen MR) is 129 cm³/mol. The SMILES string of the molecule is CCCCCCc1ccc(OCCCCOc2ccc(C(C)(C)C)cc2C)c(C)c1. The van der Waals surface area contributed by atoms with E-state index in [4.69, 9.17) is 9.47 Å². The van der Waals surface area contributed by atoms with E-state index in [-0.39, 0.29) is 5.41 Å². The number of unbranched alkanes of at least 4 members (excludes halogenated alkanes) is 4. The van der Waals surface area contributed by atoms with Crippen LogP contribution in [0.5, 0.6) is 11.5 Å². The molecule has 0 aromatic heterocycles. The molecule has 0 heterocycles. The molecule has 0 amide bonds. The van der Waals surface area contributed by atoms with Crippen LogP contribution >= 0.6 is 0 Å². The Morgan fingerprint density at radius 1 is 0.700 bits per heavy atom. The van der Waals surface area contributed by atoms with Crippen molar-refractivity contribution in [3.8, 4) is 11.5 Å². The van der Waals surface area contributed by atoms with Crippen LogP contribution in [0.25, 0.3) is 0 Å². The Labute approximate surface area is 185 Å². The van der Waals surface area contributed by atoms with Gasteiger partial charge in [0.05, 0.1) is 13.2 Å². The van der Waals surface area contributed by atoms with Gasteiger partial charge in [0, 0.05) is 0 Å². The lowest BCUT2D eigenvalue weighted by molar-refractivity contribution is 0.264. The summed E-state index contributed by atoms with van der Waals surface area (Å²) >= 11 is 0. The zero-order chi connectivity index (χ0) is 22.0. The molecule has 2 rings (SSSR count). The second-order valence-electron chi connectivity index (χ2n) is 9.54. The van der Waals surface area contributed by atoms with Crippen molar-refractivity contribution in [1.82, 2.24) is 0 Å². The molecule has 2 aromatic carbocycles. The van der Waals surface area contributed by atoms with E-state index in [2.05, 4.69) is 77.9 Å². The molecule has 2 heteroatoms. The van der Waals surface area contributed by atoms with Gasteiger partial charge in [-0.2, -0.15) is 0 Å². The van der Waals surface area contributed by atoms with Crippen LogP contribution in [-0.2, 0) is 11.8 Å². The highest BCUT2D eigenvalue weighted by molar-refractivity contribution is 5.39. The lowest BCUT2D eigenvalue weighted by Gasteiger charge is -2.20. The van der Waals surface area contributed by atoms with Crippen LogP contribution in [0.4, 0.5) is 0 Å². The fraction of sp³-hybridized carbons (Fsp3) is 0.571. The van der Waals surface area contributed by atoms with Gasteiger partial charge in [0.1, 0.15) is 11.5 Å². The first-order chi connectivity index (χ1) is 14.3. The minimum atomic E-state index is 0.173. The lowest BCUT2D eigenvalue weighted by atomic mass is 9.86. The van der Waals surface area contributed by atoms with Crippen LogP contribution in [0.3, 0.4) is 0 Å². The van der Waals surface area contributed by atoms with Gasteiger partial charge in [0.2, 0.25) is 0 Å². The molecule has 0 aliphatic heterocycles. The molecule has 0 unspecified atom stereocenters. The number of ether oxygens (including phenoxy) is 2. The normalized spacial score (nSPS) is 11.5. The average molecular weight is 411 g/mol. The first kappa shape index (κ1) is 24.3. The topological polar surface area (TPSA) is 18.5 Å². The van der Waals surface area contributed by atoms with Crippen LogP contribution in [0.2, 0.25) is 0 Å². The molecule has 0 atom stereocenters. The standard InChI is InChI=1S/C28H42O2/c1-7-8-9-10-13-24-14-16-26(22(2)20-24)29-18-11-12-19-30-27-17-15-25(21-23(27)3)28(4,5)6/h14-17,20-21H,7-13,18-19H2,1-6H3. The summed E-state index contributed by atoms with van der Waals surface area (Å²) in [5.74, 6) is 2.01. The zero-order valence-corrected chi connectivity index (χ0v) is 20.1. The van der Waals surface area contributed by atoms with Gasteiger partial charge in [-0.05, 0) is 79.3 Å². The van der Waals surface area contributed by atoms with Crippen LogP contribution in [0.1, 0.15) is 88.5 Å². The zero-order valence-electron chi connectivity index (χ0n) is 20.1. The molecule has 30 heavy (non-hydrogen) atoms. The molecule has 0 aliphatic rings. The molecule has 166 valence electrons. The third-order valence-electron chi connectivity index (χ3n) is 5.65. The summed E-state index contributed by atoms with van der Waals surface area (Å²) in [6.45, 7) is 14.7. The maximum atomic E-state index is 6.01. The quantitative estimate of drug-likeness (QED) is 0.330. The van der Waals surface area contributed by atoms with Gasteiger partial charge < -0.3 is 9.47 Å². The Morgan fingerprint density at radius 3 is 1.83 bits per heavy atom. The van der Waals surface area contributed by atoms with Gasteiger partial charge in [-0.3, -0.25) is 0 Å². The molecule has 0 fully saturated rings. The lowest BCUT2D eigenvalue weighted by Crippen LogP contribution is -2.11. The number of rotatable bonds is 12. The Kier molecular flexibility index (Phi) is 9.75. The van der Waals surface area contributed by atoms with Crippen LogP contribution in [-0.4, -0.2) is 13.2 Å². The molecule has 2 aromatic rings. The van der Waals surface area contributed by atoms with Crippen LogP contribution < -0.4 is 9.47 Å². The molecule has 0 bridgehead atoms. The third kappa shape index (κ3) is 8.05. The summed E-state index contributed by atoms with van der Waals surface area (Å²) in [5, 5.41) is 0. The van der Waals surface area contributed by atoms with E-state index >= 15 is 0 Å². The van der Waals surface area contributed by atoms with Crippen molar-refractivity contribution in [3.63, 3.8) is 0 Å². The van der Waals surface area contributed by atoms with E-state index in [0.29, 0.717) is 0 Å². The minimum Gasteiger partial charge on any atom is -0.493 e. The number of aryl methyl sites for hydroxylation is 3. The average Bonchev–Trinajstić information content (AvgIpc) is 2.69. The Hall–Kier alpha value is -1.96. The van der Waals surface area contributed by atoms with Crippen molar-refractivity contribution < 1.29 is 9.47 Å². The molecule has 0 N–H and O–H groups in total. The summed E-state index contributed by atoms with van der Waals surface area (Å²) in [6.07, 6.45) is 8.41. The van der Waals surface area contributed by atoms with Gasteiger partial charge in [0.25, 0.3) is 0 Å². The summed E-state index contributed by atoms with van der Waals surface area (Å²) in [7, 11) is 0. The highest BCUT2D eigenvalue weighted by atomic mass is 16.5. The van der Waals surface area contributed by atoms with Gasteiger partial charge in [-0.1, -0.05) is 71.2 Å². The molecule has 0 spiro atoms. The highest BCUT2D eigenvalue weighted by Crippen LogP contribution is 2.27. The maximum Gasteiger partial charge on any atom is 0.122 e. The number of hydrogen-bond donors (Lipinski definition) is 0. The Bertz CT molecular complexity index is 771. The largest absolute Gasteiger partial charge is 0.493 e. The first-order valence-corrected chi connectivity index (χ1v) is 11.8. The minimum absolute atomic E-state index is 0.173. The van der Waals surface area contributed by atoms with E-state index in [9.17, 15) is 0 Å². The summed E-state index contributed by atoms with van der Waals surface area (Å²) in [4.78, 5) is 0. The third-order valence-corrected chi connectivity index (χ3v) is 5.65. The van der Waals surface area contributed by atoms with Crippen molar-refractivity contribution in [2.24, 2.45) is 0 Å². The second kappa shape index (κ2) is 12.0. The molecule has 0 radical (unpaired) electrons. The second-order valence-corrected chi connectivity index (χ2v) is 9.54. The van der Waals surface area contributed by atoms with E-state index in [0.717, 1.165) is 37.6 Å². The molecule has 0 aliphatic carbocycles. The smallest absolute Gasteiger partial charge is 0.122 e. The van der Waals surface area contributed by atoms with Crippen LogP contribution in [0, 0.1) is 13.8 Å². The summed E-state index contributed by atoms with van der Waals surface area (Å²) in [5.41, 5.74) is 5.41. The molecule has 0 saturated heterocycles. The number of benzene rings is 2. The molecule has 2 nitrogen and oxygen atoms in total. The highest BCUT2D eigenvalue weighted by Gasteiger charge is 2.14. The Morgan fingerprint density at radius 2 is 1.30 bits per heavy atom. The molecular formula is C28H42O2. The Balaban J connectivity index is 1.68. The van der Waals surface area contributed by atoms with E-state index in [1.165, 1.54) is 54.4 Å². The van der Waals surface area contributed by atoms with Crippen molar-refractivity contribution in [2.45, 2.75) is 91.9 Å². The van der Waals surface area contributed by atoms with Gasteiger partial charge in [-0.15, -0.1) is 0 Å². The van der Waals surface area contributed by atoms with Gasteiger partial charge in [0.15, 0.2) is 0 Å². The van der Waals surface area contributed by atoms with E-state index < -0.39 is 0 Å². The van der Waals surface area contributed by atoms with E-state index in [1.54, 1.807) is 0 Å². The van der Waals surface area contributed by atoms with E-state index in [1.807, 2.05) is 0 Å². The van der Waals surface area contributed by atoms with Crippen molar-refractivity contribution in [3.05, 3.63) is 58.7 Å². The van der Waals surface area contributed by atoms with Gasteiger partial charge in [-0.25, -0.2) is 0 Å². The number of hydrogen-bond acceptors (Lipinski definition) is 2. The van der Waals surface area contributed by atoms with Gasteiger partial charge >= 0.3 is 0 Å². The summed E-state index contributed by atoms with van der Waals surface area (Å²) < 4.78 is 12.0. The summed E-state index contributed by atoms with van der Waals surface area (Å²) in [6, 6.07) is 13.2. The first-order valence-electron chi connectivity index (χ1n) is 11.8.